The van der Waals surface area contributed by atoms with E-state index >= 15 is 0 Å². The van der Waals surface area contributed by atoms with Crippen LogP contribution < -0.4 is 10.6 Å². The van der Waals surface area contributed by atoms with Gasteiger partial charge in [-0.05, 0) is 75.0 Å². The molecule has 0 saturated heterocycles. The lowest BCUT2D eigenvalue weighted by atomic mass is 9.95. The summed E-state index contributed by atoms with van der Waals surface area (Å²) in [6.45, 7) is 2.20. The second kappa shape index (κ2) is 10.1. The van der Waals surface area contributed by atoms with E-state index in [4.69, 9.17) is 4.74 Å². The number of alkyl carbamates (subject to hydrolysis) is 1. The van der Waals surface area contributed by atoms with Crippen LogP contribution in [0.4, 0.5) is 4.79 Å². The van der Waals surface area contributed by atoms with E-state index in [1.807, 2.05) is 55.4 Å². The molecule has 2 aromatic carbocycles. The highest BCUT2D eigenvalue weighted by atomic mass is 16.5. The molecule has 0 aromatic heterocycles. The maximum Gasteiger partial charge on any atom is 0.407 e. The first-order chi connectivity index (χ1) is 16.7. The van der Waals surface area contributed by atoms with Crippen LogP contribution in [0.25, 0.3) is 11.1 Å². The third-order valence-corrected chi connectivity index (χ3v) is 7.04. The van der Waals surface area contributed by atoms with Gasteiger partial charge in [-0.2, -0.15) is 0 Å². The Bertz CT molecular complexity index is 1070. The van der Waals surface area contributed by atoms with Crippen LogP contribution in [0.1, 0.15) is 43.2 Å². The van der Waals surface area contributed by atoms with E-state index in [1.165, 1.54) is 6.92 Å². The van der Waals surface area contributed by atoms with E-state index < -0.39 is 29.6 Å². The van der Waals surface area contributed by atoms with Crippen LogP contribution >= 0.6 is 0 Å². The monoisotopic (exact) mass is 479 g/mol. The molecule has 1 saturated carbocycles. The van der Waals surface area contributed by atoms with Crippen LogP contribution in [0, 0.1) is 5.92 Å². The summed E-state index contributed by atoms with van der Waals surface area (Å²) in [5, 5.41) is 15.1. The van der Waals surface area contributed by atoms with E-state index in [1.54, 1.807) is 0 Å². The lowest BCUT2D eigenvalue weighted by Crippen LogP contribution is -2.59. The molecule has 2 aliphatic carbocycles. The van der Waals surface area contributed by atoms with E-state index in [0.29, 0.717) is 13.0 Å². The largest absolute Gasteiger partial charge is 0.480 e. The summed E-state index contributed by atoms with van der Waals surface area (Å²) in [6, 6.07) is 15.2. The van der Waals surface area contributed by atoms with E-state index in [-0.39, 0.29) is 18.4 Å². The molecule has 186 valence electrons. The molecule has 1 fully saturated rings. The standard InChI is InChI=1S/C27H33N3O5/c1-27(25(32)33,17-12-13-17)29-24(31)23(14-15-30(2)3)28-26(34)35-16-22-20-10-6-4-8-18(20)19-9-5-7-11-21(19)22/h4-11,17,22-23H,12-16H2,1-3H3,(H,28,34)(H,29,31)(H,32,33). The van der Waals surface area contributed by atoms with Crippen LogP contribution in [-0.4, -0.2) is 66.8 Å². The zero-order valence-electron chi connectivity index (χ0n) is 20.4. The number of amides is 2. The summed E-state index contributed by atoms with van der Waals surface area (Å²) in [4.78, 5) is 39.6. The molecule has 0 heterocycles. The Hall–Kier alpha value is -3.39. The number of ether oxygens (including phenoxy) is 1. The van der Waals surface area contributed by atoms with E-state index in [0.717, 1.165) is 35.1 Å². The minimum Gasteiger partial charge on any atom is -0.480 e. The summed E-state index contributed by atoms with van der Waals surface area (Å²) in [6.07, 6.45) is 1.13. The highest BCUT2D eigenvalue weighted by Crippen LogP contribution is 2.44. The Kier molecular flexibility index (Phi) is 7.12. The third kappa shape index (κ3) is 5.32. The van der Waals surface area contributed by atoms with Crippen LogP contribution in [0.5, 0.6) is 0 Å². The molecule has 2 aliphatic rings. The fourth-order valence-corrected chi connectivity index (χ4v) is 4.77. The van der Waals surface area contributed by atoms with Crippen molar-refractivity contribution >= 4 is 18.0 Å². The topological polar surface area (TPSA) is 108 Å². The maximum atomic E-state index is 13.1. The number of nitrogens with zero attached hydrogens (tertiary/aromatic N) is 1. The summed E-state index contributed by atoms with van der Waals surface area (Å²) < 4.78 is 5.60. The number of benzene rings is 2. The first kappa shape index (κ1) is 24.7. The normalized spacial score (nSPS) is 17.1. The summed E-state index contributed by atoms with van der Waals surface area (Å²) in [7, 11) is 3.74. The molecule has 8 nitrogen and oxygen atoms in total. The molecule has 2 unspecified atom stereocenters. The number of carboxylic acid groups (broad SMARTS) is 1. The van der Waals surface area contributed by atoms with Gasteiger partial charge in [0.1, 0.15) is 18.2 Å². The van der Waals surface area contributed by atoms with Crippen molar-refractivity contribution in [2.45, 2.75) is 43.7 Å². The van der Waals surface area contributed by atoms with Gasteiger partial charge in [0, 0.05) is 5.92 Å². The van der Waals surface area contributed by atoms with Crippen molar-refractivity contribution in [3.05, 3.63) is 59.7 Å². The Morgan fingerprint density at radius 1 is 1.06 bits per heavy atom. The quantitative estimate of drug-likeness (QED) is 0.483. The molecule has 0 spiro atoms. The van der Waals surface area contributed by atoms with Crippen molar-refractivity contribution in [3.8, 4) is 11.1 Å². The van der Waals surface area contributed by atoms with Gasteiger partial charge in [-0.3, -0.25) is 4.79 Å². The van der Waals surface area contributed by atoms with Gasteiger partial charge in [0.2, 0.25) is 5.91 Å². The minimum atomic E-state index is -1.35. The van der Waals surface area contributed by atoms with Gasteiger partial charge < -0.3 is 25.4 Å². The molecule has 4 rings (SSSR count). The summed E-state index contributed by atoms with van der Waals surface area (Å²) >= 11 is 0. The predicted molar refractivity (Wildman–Crippen MR) is 132 cm³/mol. The molecule has 0 radical (unpaired) electrons. The molecule has 0 bridgehead atoms. The molecular formula is C27H33N3O5. The Balaban J connectivity index is 1.43. The van der Waals surface area contributed by atoms with Crippen LogP contribution in [0.15, 0.2) is 48.5 Å². The lowest BCUT2D eigenvalue weighted by Gasteiger charge is -2.29. The lowest BCUT2D eigenvalue weighted by molar-refractivity contribution is -0.148. The summed E-state index contributed by atoms with van der Waals surface area (Å²) in [5.74, 6) is -1.78. The smallest absolute Gasteiger partial charge is 0.407 e. The van der Waals surface area contributed by atoms with Crippen LogP contribution in [-0.2, 0) is 14.3 Å². The molecule has 0 aliphatic heterocycles. The van der Waals surface area contributed by atoms with Crippen molar-refractivity contribution in [1.29, 1.82) is 0 Å². The third-order valence-electron chi connectivity index (χ3n) is 7.04. The van der Waals surface area contributed by atoms with Crippen molar-refractivity contribution < 1.29 is 24.2 Å². The first-order valence-electron chi connectivity index (χ1n) is 12.0. The average Bonchev–Trinajstić information content (AvgIpc) is 3.64. The number of hydrogen-bond acceptors (Lipinski definition) is 5. The number of fused-ring (bicyclic) bond motifs is 3. The fraction of sp³-hybridized carbons (Fsp3) is 0.444. The van der Waals surface area contributed by atoms with E-state index in [9.17, 15) is 19.5 Å². The second-order valence-electron chi connectivity index (χ2n) is 9.89. The number of hydrogen-bond donors (Lipinski definition) is 3. The number of carbonyl (C=O) groups is 3. The Labute approximate surface area is 205 Å². The number of nitrogens with one attached hydrogen (secondary N) is 2. The van der Waals surface area contributed by atoms with Crippen molar-refractivity contribution in [2.24, 2.45) is 5.92 Å². The Morgan fingerprint density at radius 3 is 2.14 bits per heavy atom. The van der Waals surface area contributed by atoms with Gasteiger partial charge in [0.05, 0.1) is 0 Å². The van der Waals surface area contributed by atoms with Crippen molar-refractivity contribution in [1.82, 2.24) is 15.5 Å². The number of carboxylic acids is 1. The SMILES string of the molecule is CN(C)CCC(NC(=O)OCC1c2ccccc2-c2ccccc21)C(=O)NC(C)(C(=O)O)C1CC1. The Morgan fingerprint density at radius 2 is 1.63 bits per heavy atom. The second-order valence-corrected chi connectivity index (χ2v) is 9.89. The van der Waals surface area contributed by atoms with Gasteiger partial charge >= 0.3 is 12.1 Å². The van der Waals surface area contributed by atoms with Crippen molar-refractivity contribution in [3.63, 3.8) is 0 Å². The number of rotatable bonds is 10. The predicted octanol–water partition coefficient (Wildman–Crippen LogP) is 3.21. The summed E-state index contributed by atoms with van der Waals surface area (Å²) in [5.41, 5.74) is 3.12. The van der Waals surface area contributed by atoms with Gasteiger partial charge in [0.25, 0.3) is 0 Å². The molecule has 2 amide bonds. The number of carbonyl (C=O) groups excluding carboxylic acids is 2. The van der Waals surface area contributed by atoms with Crippen molar-refractivity contribution in [2.75, 3.05) is 27.2 Å². The molecule has 2 atom stereocenters. The average molecular weight is 480 g/mol. The van der Waals surface area contributed by atoms with Gasteiger partial charge in [-0.1, -0.05) is 48.5 Å². The van der Waals surface area contributed by atoms with Gasteiger partial charge in [0.15, 0.2) is 0 Å². The van der Waals surface area contributed by atoms with Crippen LogP contribution in [0.3, 0.4) is 0 Å². The molecule has 2 aromatic rings. The fourth-order valence-electron chi connectivity index (χ4n) is 4.77. The molecule has 8 heteroatoms. The minimum absolute atomic E-state index is 0.0904. The number of aliphatic carboxylic acids is 1. The highest BCUT2D eigenvalue weighted by molar-refractivity contribution is 5.91. The highest BCUT2D eigenvalue weighted by Gasteiger charge is 2.49. The van der Waals surface area contributed by atoms with Crippen LogP contribution in [0.2, 0.25) is 0 Å². The first-order valence-corrected chi connectivity index (χ1v) is 12.0. The molecule has 35 heavy (non-hydrogen) atoms. The zero-order chi connectivity index (χ0) is 25.2. The van der Waals surface area contributed by atoms with E-state index in [2.05, 4.69) is 22.8 Å². The maximum absolute atomic E-state index is 13.1. The zero-order valence-corrected chi connectivity index (χ0v) is 20.4. The van der Waals surface area contributed by atoms with Gasteiger partial charge in [-0.25, -0.2) is 9.59 Å². The van der Waals surface area contributed by atoms with Gasteiger partial charge in [-0.15, -0.1) is 0 Å². The molecular weight excluding hydrogens is 446 g/mol. The molecule has 3 N–H and O–H groups in total.